The molecule has 2 saturated heterocycles. The first-order valence-corrected chi connectivity index (χ1v) is 15.7. The molecule has 2 heterocycles. The Hall–Kier alpha value is -1.24. The van der Waals surface area contributed by atoms with Gasteiger partial charge in [0.1, 0.15) is 11.7 Å². The number of carboxylic acid groups (broad SMARTS) is 1. The summed E-state index contributed by atoms with van der Waals surface area (Å²) in [4.78, 5) is 29.8. The summed E-state index contributed by atoms with van der Waals surface area (Å²) in [5, 5.41) is 14.9. The molecule has 2 N–H and O–H groups in total. The average Bonchev–Trinajstić information content (AvgIpc) is 3.67. The monoisotopic (exact) mass is 526 g/mol. The van der Waals surface area contributed by atoms with Crippen molar-refractivity contribution in [1.82, 2.24) is 10.2 Å². The van der Waals surface area contributed by atoms with E-state index >= 15 is 0 Å². The van der Waals surface area contributed by atoms with Crippen LogP contribution in [0.2, 0.25) is 0 Å². The van der Waals surface area contributed by atoms with Gasteiger partial charge in [0.2, 0.25) is 0 Å². The number of fused-ring (bicyclic) bond motifs is 2. The SMILES string of the molecule is CCCCC1CC(C23C[C@@H]4[C@H](C)CC[C@H]4C4(C=O)CC2C=C(C(C)C)C34C(=O)O)OC1CN1CCNC1C. The molecule has 6 heteroatoms. The summed E-state index contributed by atoms with van der Waals surface area (Å²) >= 11 is 0. The van der Waals surface area contributed by atoms with Crippen molar-refractivity contribution in [3.63, 3.8) is 0 Å². The number of carbonyl (C=O) groups excluding carboxylic acids is 1. The second-order valence-electron chi connectivity index (χ2n) is 14.3. The van der Waals surface area contributed by atoms with Gasteiger partial charge in [-0.3, -0.25) is 9.69 Å². The first-order valence-electron chi connectivity index (χ1n) is 15.7. The highest BCUT2D eigenvalue weighted by atomic mass is 16.5. The van der Waals surface area contributed by atoms with E-state index in [1.54, 1.807) is 0 Å². The Morgan fingerprint density at radius 3 is 2.71 bits per heavy atom. The fraction of sp³-hybridized carbons (Fsp3) is 0.875. The molecular formula is C32H50N2O4. The summed E-state index contributed by atoms with van der Waals surface area (Å²) in [5.41, 5.74) is -1.43. The molecule has 2 aliphatic heterocycles. The molecule has 212 valence electrons. The van der Waals surface area contributed by atoms with Crippen LogP contribution < -0.4 is 5.32 Å². The Balaban J connectivity index is 1.45. The molecule has 0 amide bonds. The highest BCUT2D eigenvalue weighted by molar-refractivity contribution is 5.90. The lowest BCUT2D eigenvalue weighted by atomic mass is 9.41. The molecule has 3 saturated carbocycles. The Morgan fingerprint density at radius 2 is 2.08 bits per heavy atom. The Kier molecular flexibility index (Phi) is 6.68. The highest BCUT2D eigenvalue weighted by Gasteiger charge is 2.86. The standard InChI is InChI=1S/C32H50N2O4/c1-6-7-8-22-13-28(38-27(22)17-34-12-11-33-21(34)5)31-16-24-20(4)9-10-25(24)30(18-35)15-23(31)14-26(19(2)3)32(30,31)29(36)37/h14,18-25,27-28,33H,6-13,15-17H2,1-5H3,(H,36,37)/t20-,21?,22?,23?,24-,25-,27?,28?,30?,31?,32?/m1/s1. The molecule has 0 radical (unpaired) electrons. The number of carboxylic acids is 1. The van der Waals surface area contributed by atoms with Gasteiger partial charge in [-0.1, -0.05) is 58.6 Å². The second kappa shape index (κ2) is 9.41. The molecule has 38 heavy (non-hydrogen) atoms. The van der Waals surface area contributed by atoms with Gasteiger partial charge in [0.05, 0.1) is 23.8 Å². The van der Waals surface area contributed by atoms with Gasteiger partial charge in [0.15, 0.2) is 0 Å². The maximum atomic E-state index is 13.9. The van der Waals surface area contributed by atoms with Crippen LogP contribution in [0.1, 0.15) is 86.0 Å². The Morgan fingerprint density at radius 1 is 1.29 bits per heavy atom. The smallest absolute Gasteiger partial charge is 0.315 e. The average molecular weight is 527 g/mol. The number of allylic oxidation sites excluding steroid dienone is 1. The van der Waals surface area contributed by atoms with Gasteiger partial charge < -0.3 is 20.0 Å². The quantitative estimate of drug-likeness (QED) is 0.321. The minimum absolute atomic E-state index is 0.107. The summed E-state index contributed by atoms with van der Waals surface area (Å²) in [6.45, 7) is 14.1. The fourth-order valence-electron chi connectivity index (χ4n) is 11.2. The lowest BCUT2D eigenvalue weighted by Crippen LogP contribution is -2.65. The van der Waals surface area contributed by atoms with Crippen LogP contribution in [0.15, 0.2) is 11.6 Å². The number of nitrogens with zero attached hydrogens (tertiary/aromatic N) is 1. The van der Waals surface area contributed by atoms with E-state index in [0.717, 1.165) is 70.0 Å². The normalized spacial score (nSPS) is 49.6. The van der Waals surface area contributed by atoms with Gasteiger partial charge in [-0.25, -0.2) is 0 Å². The van der Waals surface area contributed by atoms with E-state index in [-0.39, 0.29) is 30.0 Å². The predicted octanol–water partition coefficient (Wildman–Crippen LogP) is 5.13. The van der Waals surface area contributed by atoms with Crippen molar-refractivity contribution in [3.05, 3.63) is 11.6 Å². The molecule has 6 nitrogen and oxygen atoms in total. The van der Waals surface area contributed by atoms with Gasteiger partial charge in [-0.05, 0) is 74.5 Å². The van der Waals surface area contributed by atoms with Crippen LogP contribution in [0.4, 0.5) is 0 Å². The number of hydrogen-bond donors (Lipinski definition) is 2. The maximum Gasteiger partial charge on any atom is 0.315 e. The minimum atomic E-state index is -1.14. The number of aliphatic carboxylic acids is 1. The third kappa shape index (κ3) is 3.23. The van der Waals surface area contributed by atoms with Crippen molar-refractivity contribution in [1.29, 1.82) is 0 Å². The largest absolute Gasteiger partial charge is 0.481 e. The van der Waals surface area contributed by atoms with Crippen LogP contribution in [0.25, 0.3) is 0 Å². The van der Waals surface area contributed by atoms with E-state index in [0.29, 0.717) is 30.3 Å². The zero-order valence-electron chi connectivity index (χ0n) is 24.2. The summed E-state index contributed by atoms with van der Waals surface area (Å²) in [7, 11) is 0. The molecule has 4 bridgehead atoms. The number of nitrogens with one attached hydrogen (secondary N) is 1. The molecule has 0 aromatic heterocycles. The summed E-state index contributed by atoms with van der Waals surface area (Å²) in [6.07, 6.45) is 12.0. The number of unbranched alkanes of at least 4 members (excludes halogenated alkanes) is 1. The van der Waals surface area contributed by atoms with Gasteiger partial charge >= 0.3 is 5.97 Å². The fourth-order valence-corrected chi connectivity index (χ4v) is 11.2. The Bertz CT molecular complexity index is 996. The van der Waals surface area contributed by atoms with Crippen LogP contribution in [0.5, 0.6) is 0 Å². The van der Waals surface area contributed by atoms with Crippen LogP contribution >= 0.6 is 0 Å². The number of rotatable bonds is 9. The molecule has 4 aliphatic carbocycles. The van der Waals surface area contributed by atoms with Crippen LogP contribution in [0, 0.1) is 51.8 Å². The molecule has 8 unspecified atom stereocenters. The number of ether oxygens (including phenoxy) is 1. The van der Waals surface area contributed by atoms with Crippen molar-refractivity contribution in [2.24, 2.45) is 51.8 Å². The third-order valence-electron chi connectivity index (χ3n) is 12.7. The zero-order chi connectivity index (χ0) is 27.0. The molecule has 5 fully saturated rings. The van der Waals surface area contributed by atoms with E-state index < -0.39 is 22.2 Å². The van der Waals surface area contributed by atoms with Gasteiger partial charge in [-0.2, -0.15) is 0 Å². The van der Waals surface area contributed by atoms with Gasteiger partial charge in [0, 0.05) is 25.0 Å². The van der Waals surface area contributed by atoms with E-state index in [1.807, 2.05) is 0 Å². The van der Waals surface area contributed by atoms with Crippen molar-refractivity contribution < 1.29 is 19.4 Å². The molecule has 11 atom stereocenters. The summed E-state index contributed by atoms with van der Waals surface area (Å²) in [5.74, 6) is 1.04. The topological polar surface area (TPSA) is 78.9 Å². The first kappa shape index (κ1) is 27.0. The van der Waals surface area contributed by atoms with E-state index in [2.05, 4.69) is 50.9 Å². The van der Waals surface area contributed by atoms with Crippen LogP contribution in [0.3, 0.4) is 0 Å². The number of carbonyl (C=O) groups is 2. The van der Waals surface area contributed by atoms with Crippen LogP contribution in [-0.4, -0.2) is 60.3 Å². The van der Waals surface area contributed by atoms with Crippen molar-refractivity contribution in [3.8, 4) is 0 Å². The van der Waals surface area contributed by atoms with E-state index in [4.69, 9.17) is 4.74 Å². The lowest BCUT2D eigenvalue weighted by Gasteiger charge is -2.60. The molecular weight excluding hydrogens is 476 g/mol. The van der Waals surface area contributed by atoms with Gasteiger partial charge in [-0.15, -0.1) is 0 Å². The minimum Gasteiger partial charge on any atom is -0.481 e. The summed E-state index contributed by atoms with van der Waals surface area (Å²) in [6, 6.07) is 0. The lowest BCUT2D eigenvalue weighted by molar-refractivity contribution is -0.197. The number of aldehydes is 1. The van der Waals surface area contributed by atoms with Crippen molar-refractivity contribution in [2.75, 3.05) is 19.6 Å². The van der Waals surface area contributed by atoms with Crippen molar-refractivity contribution in [2.45, 2.75) is 104 Å². The molecule has 0 spiro atoms. The highest BCUT2D eigenvalue weighted by Crippen LogP contribution is 2.84. The molecule has 6 aliphatic rings. The predicted molar refractivity (Wildman–Crippen MR) is 147 cm³/mol. The second-order valence-corrected chi connectivity index (χ2v) is 14.3. The molecule has 0 aromatic carbocycles. The van der Waals surface area contributed by atoms with Gasteiger partial charge in [0.25, 0.3) is 0 Å². The first-order chi connectivity index (χ1) is 18.2. The Labute approximate surface area is 229 Å². The van der Waals surface area contributed by atoms with Crippen LogP contribution in [-0.2, 0) is 14.3 Å². The molecule has 6 rings (SSSR count). The summed E-state index contributed by atoms with van der Waals surface area (Å²) < 4.78 is 7.22. The number of hydrogen-bond acceptors (Lipinski definition) is 5. The zero-order valence-corrected chi connectivity index (χ0v) is 24.2. The molecule has 0 aromatic rings. The third-order valence-corrected chi connectivity index (χ3v) is 12.7. The maximum absolute atomic E-state index is 13.9. The van der Waals surface area contributed by atoms with Crippen molar-refractivity contribution >= 4 is 12.3 Å². The van der Waals surface area contributed by atoms with E-state index in [9.17, 15) is 14.7 Å². The van der Waals surface area contributed by atoms with E-state index in [1.165, 1.54) is 6.42 Å².